The van der Waals surface area contributed by atoms with E-state index in [-0.39, 0.29) is 5.69 Å². The average Bonchev–Trinajstić information content (AvgIpc) is 2.88. The number of benzene rings is 1. The number of rotatable bonds is 4. The third-order valence-corrected chi connectivity index (χ3v) is 6.66. The number of non-ortho nitro benzene ring substituents is 1. The molecule has 0 unspecified atom stereocenters. The van der Waals surface area contributed by atoms with Crippen molar-refractivity contribution in [3.63, 3.8) is 0 Å². The summed E-state index contributed by atoms with van der Waals surface area (Å²) < 4.78 is 24.4. The first kappa shape index (κ1) is 14.7. The fourth-order valence-electron chi connectivity index (χ4n) is 1.61. The number of hydrogen-bond acceptors (Lipinski definition) is 5. The van der Waals surface area contributed by atoms with E-state index in [1.165, 1.54) is 23.5 Å². The first-order chi connectivity index (χ1) is 9.32. The van der Waals surface area contributed by atoms with Crippen LogP contribution in [0, 0.1) is 10.1 Å². The lowest BCUT2D eigenvalue weighted by molar-refractivity contribution is -0.384. The molecule has 1 aromatic carbocycles. The van der Waals surface area contributed by atoms with Crippen LogP contribution < -0.4 is 0 Å². The van der Waals surface area contributed by atoms with E-state index in [0.29, 0.717) is 4.21 Å². The predicted octanol–water partition coefficient (Wildman–Crippen LogP) is 3.51. The van der Waals surface area contributed by atoms with Gasteiger partial charge in [-0.2, -0.15) is 0 Å². The number of nitrogens with zero attached hydrogens (tertiary/aromatic N) is 1. The lowest BCUT2D eigenvalue weighted by Gasteiger charge is -2.03. The highest BCUT2D eigenvalue weighted by Gasteiger charge is 2.21. The Hall–Kier alpha value is -1.73. The molecule has 20 heavy (non-hydrogen) atoms. The molecule has 0 atom stereocenters. The Morgan fingerprint density at radius 2 is 1.70 bits per heavy atom. The van der Waals surface area contributed by atoms with Crippen LogP contribution in [0.1, 0.15) is 13.8 Å². The maximum absolute atomic E-state index is 12.0. The molecule has 7 heteroatoms. The third-order valence-electron chi connectivity index (χ3n) is 2.85. The highest BCUT2D eigenvalue weighted by atomic mass is 32.2. The molecule has 0 radical (unpaired) electrons. The highest BCUT2D eigenvalue weighted by Crippen LogP contribution is 2.33. The molecule has 0 aliphatic rings. The van der Waals surface area contributed by atoms with Crippen molar-refractivity contribution in [1.82, 2.24) is 0 Å². The zero-order valence-electron chi connectivity index (χ0n) is 10.9. The lowest BCUT2D eigenvalue weighted by Crippen LogP contribution is -2.12. The summed E-state index contributed by atoms with van der Waals surface area (Å²) in [6, 6.07) is 9.36. The van der Waals surface area contributed by atoms with Crippen LogP contribution in [0.2, 0.25) is 0 Å². The van der Waals surface area contributed by atoms with Gasteiger partial charge in [-0.15, -0.1) is 11.3 Å². The first-order valence-corrected chi connectivity index (χ1v) is 8.27. The van der Waals surface area contributed by atoms with E-state index >= 15 is 0 Å². The molecule has 0 N–H and O–H groups in total. The van der Waals surface area contributed by atoms with Crippen LogP contribution in [0.3, 0.4) is 0 Å². The van der Waals surface area contributed by atoms with Crippen LogP contribution in [0.15, 0.2) is 40.6 Å². The molecule has 0 fully saturated rings. The van der Waals surface area contributed by atoms with E-state index in [1.54, 1.807) is 38.1 Å². The Kier molecular flexibility index (Phi) is 3.92. The van der Waals surface area contributed by atoms with Gasteiger partial charge in [0.1, 0.15) is 4.21 Å². The third kappa shape index (κ3) is 2.73. The van der Waals surface area contributed by atoms with Gasteiger partial charge in [0.2, 0.25) is 0 Å². The van der Waals surface area contributed by atoms with Gasteiger partial charge < -0.3 is 0 Å². The molecule has 2 aromatic rings. The minimum absolute atomic E-state index is 0.0142. The molecule has 0 saturated heterocycles. The van der Waals surface area contributed by atoms with Crippen LogP contribution in [0.4, 0.5) is 5.69 Å². The summed E-state index contributed by atoms with van der Waals surface area (Å²) in [5.41, 5.74) is 0.783. The summed E-state index contributed by atoms with van der Waals surface area (Å²) in [7, 11) is -3.28. The molecule has 0 spiro atoms. The molecule has 1 heterocycles. The van der Waals surface area contributed by atoms with Crippen molar-refractivity contribution >= 4 is 26.9 Å². The van der Waals surface area contributed by atoms with E-state index in [2.05, 4.69) is 0 Å². The molecule has 0 aliphatic carbocycles. The van der Waals surface area contributed by atoms with Gasteiger partial charge in [-0.05, 0) is 43.7 Å². The SMILES string of the molecule is CC(C)S(=O)(=O)c1ccc(-c2ccc([N+](=O)[O-])cc2)s1. The fourth-order valence-corrected chi connectivity index (χ4v) is 4.38. The fraction of sp³-hybridized carbons (Fsp3) is 0.231. The van der Waals surface area contributed by atoms with Gasteiger partial charge in [0.05, 0.1) is 10.2 Å². The van der Waals surface area contributed by atoms with E-state index < -0.39 is 20.0 Å². The predicted molar refractivity (Wildman–Crippen MR) is 78.7 cm³/mol. The Morgan fingerprint density at radius 3 is 2.20 bits per heavy atom. The molecule has 0 amide bonds. The van der Waals surface area contributed by atoms with Crippen LogP contribution in [0.5, 0.6) is 0 Å². The van der Waals surface area contributed by atoms with Crippen LogP contribution in [-0.4, -0.2) is 18.6 Å². The van der Waals surface area contributed by atoms with Gasteiger partial charge in [0.15, 0.2) is 9.84 Å². The number of thiophene rings is 1. The van der Waals surface area contributed by atoms with Gasteiger partial charge in [-0.25, -0.2) is 8.42 Å². The molecular weight excluding hydrogens is 298 g/mol. The zero-order chi connectivity index (χ0) is 14.9. The number of hydrogen-bond donors (Lipinski definition) is 0. The molecule has 2 rings (SSSR count). The number of nitro benzene ring substituents is 1. The molecule has 106 valence electrons. The van der Waals surface area contributed by atoms with E-state index in [1.807, 2.05) is 0 Å². The van der Waals surface area contributed by atoms with Gasteiger partial charge in [-0.1, -0.05) is 0 Å². The Morgan fingerprint density at radius 1 is 1.10 bits per heavy atom. The standard InChI is InChI=1S/C13H13NO4S2/c1-9(2)20(17,18)13-8-7-12(19-13)10-3-5-11(6-4-10)14(15)16/h3-9H,1-2H3. The van der Waals surface area contributed by atoms with Crippen LogP contribution >= 0.6 is 11.3 Å². The molecule has 5 nitrogen and oxygen atoms in total. The van der Waals surface area contributed by atoms with Crippen LogP contribution in [0.25, 0.3) is 10.4 Å². The maximum atomic E-state index is 12.0. The summed E-state index contributed by atoms with van der Waals surface area (Å²) >= 11 is 1.18. The first-order valence-electron chi connectivity index (χ1n) is 5.91. The van der Waals surface area contributed by atoms with Gasteiger partial charge in [0, 0.05) is 17.0 Å². The molecule has 0 aliphatic heterocycles. The van der Waals surface area contributed by atoms with Crippen molar-refractivity contribution in [2.45, 2.75) is 23.3 Å². The van der Waals surface area contributed by atoms with Gasteiger partial charge in [0.25, 0.3) is 5.69 Å². The summed E-state index contributed by atoms with van der Waals surface area (Å²) in [6.07, 6.45) is 0. The smallest absolute Gasteiger partial charge is 0.258 e. The van der Waals surface area contributed by atoms with Gasteiger partial charge >= 0.3 is 0 Å². The van der Waals surface area contributed by atoms with E-state index in [0.717, 1.165) is 10.4 Å². The maximum Gasteiger partial charge on any atom is 0.269 e. The minimum atomic E-state index is -3.28. The summed E-state index contributed by atoms with van der Waals surface area (Å²) in [5.74, 6) is 0. The minimum Gasteiger partial charge on any atom is -0.258 e. The second-order valence-electron chi connectivity index (χ2n) is 4.52. The van der Waals surface area contributed by atoms with E-state index in [9.17, 15) is 18.5 Å². The van der Waals surface area contributed by atoms with Crippen molar-refractivity contribution in [3.05, 3.63) is 46.5 Å². The van der Waals surface area contributed by atoms with Crippen LogP contribution in [-0.2, 0) is 9.84 Å². The quantitative estimate of drug-likeness (QED) is 0.639. The highest BCUT2D eigenvalue weighted by molar-refractivity contribution is 7.94. The summed E-state index contributed by atoms with van der Waals surface area (Å²) in [5, 5.41) is 10.1. The summed E-state index contributed by atoms with van der Waals surface area (Å²) in [4.78, 5) is 10.9. The van der Waals surface area contributed by atoms with Crippen molar-refractivity contribution in [3.8, 4) is 10.4 Å². The van der Waals surface area contributed by atoms with Gasteiger partial charge in [-0.3, -0.25) is 10.1 Å². The largest absolute Gasteiger partial charge is 0.269 e. The lowest BCUT2D eigenvalue weighted by atomic mass is 10.2. The Bertz CT molecular complexity index is 730. The van der Waals surface area contributed by atoms with Crippen molar-refractivity contribution < 1.29 is 13.3 Å². The second-order valence-corrected chi connectivity index (χ2v) is 8.33. The Balaban J connectivity index is 2.36. The number of nitro groups is 1. The van der Waals surface area contributed by atoms with E-state index in [4.69, 9.17) is 0 Å². The van der Waals surface area contributed by atoms with Crippen molar-refractivity contribution in [1.29, 1.82) is 0 Å². The van der Waals surface area contributed by atoms with Crippen molar-refractivity contribution in [2.75, 3.05) is 0 Å². The second kappa shape index (κ2) is 5.34. The van der Waals surface area contributed by atoms with Crippen molar-refractivity contribution in [2.24, 2.45) is 0 Å². The zero-order valence-corrected chi connectivity index (χ0v) is 12.6. The average molecular weight is 311 g/mol. The normalized spacial score (nSPS) is 11.8. The monoisotopic (exact) mass is 311 g/mol. The topological polar surface area (TPSA) is 77.3 Å². The number of sulfone groups is 1. The molecular formula is C13H13NO4S2. The molecule has 0 bridgehead atoms. The molecule has 0 saturated carbocycles. The molecule has 1 aromatic heterocycles. The summed E-state index contributed by atoms with van der Waals surface area (Å²) in [6.45, 7) is 3.28. The Labute approximate surface area is 121 Å².